The molecule has 3 aromatic rings. The van der Waals surface area contributed by atoms with Gasteiger partial charge in [0, 0.05) is 34.7 Å². The molecule has 1 fully saturated rings. The quantitative estimate of drug-likeness (QED) is 0.735. The Kier molecular flexibility index (Phi) is 4.97. The Hall–Kier alpha value is -2.63. The zero-order chi connectivity index (χ0) is 18.8. The van der Waals surface area contributed by atoms with E-state index in [1.165, 1.54) is 0 Å². The Morgan fingerprint density at radius 3 is 2.74 bits per heavy atom. The predicted molar refractivity (Wildman–Crippen MR) is 109 cm³/mol. The van der Waals surface area contributed by atoms with Crippen LogP contribution in [0.4, 0.5) is 11.5 Å². The molecule has 5 nitrogen and oxygen atoms in total. The molecule has 0 unspecified atom stereocenters. The van der Waals surface area contributed by atoms with Gasteiger partial charge in [0.2, 0.25) is 0 Å². The lowest BCUT2D eigenvalue weighted by atomic mass is 10.1. The molecule has 1 aliphatic heterocycles. The maximum atomic E-state index is 12.4. The molecule has 2 heterocycles. The number of fused-ring (bicyclic) bond motifs is 1. The molecule has 27 heavy (non-hydrogen) atoms. The van der Waals surface area contributed by atoms with Crippen molar-refractivity contribution in [1.29, 1.82) is 0 Å². The van der Waals surface area contributed by atoms with E-state index in [0.29, 0.717) is 10.6 Å². The highest BCUT2D eigenvalue weighted by molar-refractivity contribution is 6.31. The van der Waals surface area contributed by atoms with E-state index >= 15 is 0 Å². The molecule has 0 saturated carbocycles. The van der Waals surface area contributed by atoms with Gasteiger partial charge in [0.1, 0.15) is 5.82 Å². The van der Waals surface area contributed by atoms with Gasteiger partial charge in [-0.15, -0.1) is 0 Å². The van der Waals surface area contributed by atoms with E-state index in [0.717, 1.165) is 54.3 Å². The van der Waals surface area contributed by atoms with Crippen LogP contribution in [0.25, 0.3) is 10.9 Å². The largest absolute Gasteiger partial charge is 0.378 e. The SMILES string of the molecule is Cc1cc(N2CCOCC2)nc2ccc(NC(=O)c3cccc(Cl)c3)cc12. The third-order valence-electron chi connectivity index (χ3n) is 4.68. The minimum atomic E-state index is -0.188. The average molecular weight is 382 g/mol. The number of halogens is 1. The molecule has 0 aliphatic carbocycles. The molecule has 6 heteroatoms. The number of benzene rings is 2. The molecular formula is C21H20ClN3O2. The molecule has 2 aromatic carbocycles. The Labute approximate surface area is 162 Å². The summed E-state index contributed by atoms with van der Waals surface area (Å²) in [7, 11) is 0. The number of anilines is 2. The second-order valence-electron chi connectivity index (χ2n) is 6.59. The Morgan fingerprint density at radius 1 is 1.15 bits per heavy atom. The summed E-state index contributed by atoms with van der Waals surface area (Å²) in [5.74, 6) is 0.784. The third kappa shape index (κ3) is 3.89. The van der Waals surface area contributed by atoms with Gasteiger partial charge < -0.3 is 15.0 Å². The second-order valence-corrected chi connectivity index (χ2v) is 7.03. The number of aromatic nitrogens is 1. The summed E-state index contributed by atoms with van der Waals surface area (Å²) >= 11 is 5.97. The number of aryl methyl sites for hydroxylation is 1. The molecule has 0 spiro atoms. The van der Waals surface area contributed by atoms with Gasteiger partial charge in [-0.1, -0.05) is 17.7 Å². The fourth-order valence-electron chi connectivity index (χ4n) is 3.24. The molecular weight excluding hydrogens is 362 g/mol. The van der Waals surface area contributed by atoms with Gasteiger partial charge in [-0.2, -0.15) is 0 Å². The van der Waals surface area contributed by atoms with Crippen LogP contribution in [0.5, 0.6) is 0 Å². The van der Waals surface area contributed by atoms with Gasteiger partial charge in [-0.25, -0.2) is 4.98 Å². The van der Waals surface area contributed by atoms with Crippen LogP contribution in [0.15, 0.2) is 48.5 Å². The lowest BCUT2D eigenvalue weighted by Crippen LogP contribution is -2.36. The van der Waals surface area contributed by atoms with Crippen LogP contribution in [0.3, 0.4) is 0 Å². The summed E-state index contributed by atoms with van der Waals surface area (Å²) in [6.07, 6.45) is 0. The standard InChI is InChI=1S/C21H20ClN3O2/c1-14-11-20(25-7-9-27-10-8-25)24-19-6-5-17(13-18(14)19)23-21(26)15-3-2-4-16(22)12-15/h2-6,11-13H,7-10H2,1H3,(H,23,26). The van der Waals surface area contributed by atoms with E-state index in [2.05, 4.69) is 23.2 Å². The first-order chi connectivity index (χ1) is 13.1. The third-order valence-corrected chi connectivity index (χ3v) is 4.92. The summed E-state index contributed by atoms with van der Waals surface area (Å²) in [6.45, 7) is 5.23. The van der Waals surface area contributed by atoms with Crippen LogP contribution in [-0.2, 0) is 4.74 Å². The molecule has 0 bridgehead atoms. The van der Waals surface area contributed by atoms with Crippen molar-refractivity contribution in [3.8, 4) is 0 Å². The van der Waals surface area contributed by atoms with Crippen LogP contribution < -0.4 is 10.2 Å². The molecule has 0 atom stereocenters. The number of ether oxygens (including phenoxy) is 1. The van der Waals surface area contributed by atoms with E-state index in [4.69, 9.17) is 21.3 Å². The Bertz CT molecular complexity index is 1000. The lowest BCUT2D eigenvalue weighted by Gasteiger charge is -2.28. The molecule has 4 rings (SSSR count). The molecule has 1 amide bonds. The highest BCUT2D eigenvalue weighted by atomic mass is 35.5. The van der Waals surface area contributed by atoms with Crippen molar-refractivity contribution in [1.82, 2.24) is 4.98 Å². The van der Waals surface area contributed by atoms with Gasteiger partial charge >= 0.3 is 0 Å². The first kappa shape index (κ1) is 17.8. The van der Waals surface area contributed by atoms with Gasteiger partial charge in [-0.05, 0) is 55.0 Å². The number of nitrogens with zero attached hydrogens (tertiary/aromatic N) is 2. The summed E-state index contributed by atoms with van der Waals surface area (Å²) in [5, 5.41) is 4.49. The minimum Gasteiger partial charge on any atom is -0.378 e. The summed E-state index contributed by atoms with van der Waals surface area (Å²) in [5.41, 5.74) is 3.30. The van der Waals surface area contributed by atoms with E-state index < -0.39 is 0 Å². The number of nitrogens with one attached hydrogen (secondary N) is 1. The zero-order valence-electron chi connectivity index (χ0n) is 15.0. The van der Waals surface area contributed by atoms with Crippen molar-refractivity contribution < 1.29 is 9.53 Å². The van der Waals surface area contributed by atoms with Gasteiger partial charge in [0.15, 0.2) is 0 Å². The van der Waals surface area contributed by atoms with Crippen molar-refractivity contribution in [3.05, 3.63) is 64.7 Å². The molecule has 1 aliphatic rings. The van der Waals surface area contributed by atoms with E-state index in [1.54, 1.807) is 24.3 Å². The normalized spacial score (nSPS) is 14.4. The highest BCUT2D eigenvalue weighted by Gasteiger charge is 2.14. The Morgan fingerprint density at radius 2 is 1.96 bits per heavy atom. The summed E-state index contributed by atoms with van der Waals surface area (Å²) in [6, 6.07) is 14.8. The minimum absolute atomic E-state index is 0.188. The molecule has 1 saturated heterocycles. The molecule has 1 aromatic heterocycles. The zero-order valence-corrected chi connectivity index (χ0v) is 15.8. The van der Waals surface area contributed by atoms with E-state index in [9.17, 15) is 4.79 Å². The lowest BCUT2D eigenvalue weighted by molar-refractivity contribution is 0.102. The maximum Gasteiger partial charge on any atom is 0.255 e. The smallest absolute Gasteiger partial charge is 0.255 e. The van der Waals surface area contributed by atoms with E-state index in [1.807, 2.05) is 18.2 Å². The number of hydrogen-bond acceptors (Lipinski definition) is 4. The number of amides is 1. The summed E-state index contributed by atoms with van der Waals surface area (Å²) in [4.78, 5) is 19.5. The van der Waals surface area contributed by atoms with Crippen molar-refractivity contribution in [2.75, 3.05) is 36.5 Å². The number of rotatable bonds is 3. The number of hydrogen-bond donors (Lipinski definition) is 1. The van der Waals surface area contributed by atoms with Crippen molar-refractivity contribution >= 4 is 39.9 Å². The molecule has 138 valence electrons. The van der Waals surface area contributed by atoms with Gasteiger partial charge in [-0.3, -0.25) is 4.79 Å². The number of morpholine rings is 1. The fourth-order valence-corrected chi connectivity index (χ4v) is 3.43. The topological polar surface area (TPSA) is 54.5 Å². The van der Waals surface area contributed by atoms with Crippen LogP contribution in [0.2, 0.25) is 5.02 Å². The number of pyridine rings is 1. The second kappa shape index (κ2) is 7.55. The van der Waals surface area contributed by atoms with Gasteiger partial charge in [0.25, 0.3) is 5.91 Å². The highest BCUT2D eigenvalue weighted by Crippen LogP contribution is 2.26. The van der Waals surface area contributed by atoms with Crippen molar-refractivity contribution in [2.24, 2.45) is 0 Å². The fraction of sp³-hybridized carbons (Fsp3) is 0.238. The van der Waals surface area contributed by atoms with Crippen molar-refractivity contribution in [2.45, 2.75) is 6.92 Å². The van der Waals surface area contributed by atoms with Crippen LogP contribution in [0.1, 0.15) is 15.9 Å². The van der Waals surface area contributed by atoms with Crippen LogP contribution in [0, 0.1) is 6.92 Å². The number of carbonyl (C=O) groups is 1. The number of carbonyl (C=O) groups excluding carboxylic acids is 1. The Balaban J connectivity index is 1.60. The predicted octanol–water partition coefficient (Wildman–Crippen LogP) is 4.29. The average Bonchev–Trinajstić information content (AvgIpc) is 2.69. The van der Waals surface area contributed by atoms with E-state index in [-0.39, 0.29) is 5.91 Å². The van der Waals surface area contributed by atoms with Crippen LogP contribution >= 0.6 is 11.6 Å². The molecule has 0 radical (unpaired) electrons. The van der Waals surface area contributed by atoms with Gasteiger partial charge in [0.05, 0.1) is 18.7 Å². The van der Waals surface area contributed by atoms with Crippen LogP contribution in [-0.4, -0.2) is 37.2 Å². The summed E-state index contributed by atoms with van der Waals surface area (Å²) < 4.78 is 5.42. The maximum absolute atomic E-state index is 12.4. The monoisotopic (exact) mass is 381 g/mol. The first-order valence-electron chi connectivity index (χ1n) is 8.91. The first-order valence-corrected chi connectivity index (χ1v) is 9.29. The van der Waals surface area contributed by atoms with Crippen molar-refractivity contribution in [3.63, 3.8) is 0 Å². The molecule has 1 N–H and O–H groups in total.